The van der Waals surface area contributed by atoms with E-state index in [1.165, 1.54) is 0 Å². The van der Waals surface area contributed by atoms with Gasteiger partial charge in [-0.1, -0.05) is 0 Å². The molecular weight excluding hydrogens is 414 g/mol. The third-order valence-corrected chi connectivity index (χ3v) is 6.49. The van der Waals surface area contributed by atoms with E-state index in [-0.39, 0.29) is 0 Å². The summed E-state index contributed by atoms with van der Waals surface area (Å²) in [5.41, 5.74) is 2.72. The molecular formula is C24H29N9. The maximum atomic E-state index is 8.92. The fraction of sp³-hybridized carbons (Fsp3) is 0.458. The van der Waals surface area contributed by atoms with E-state index in [1.54, 1.807) is 6.20 Å². The highest BCUT2D eigenvalue weighted by Gasteiger charge is 2.35. The highest BCUT2D eigenvalue weighted by Crippen LogP contribution is 2.33. The molecule has 170 valence electrons. The lowest BCUT2D eigenvalue weighted by Gasteiger charge is -2.43. The van der Waals surface area contributed by atoms with E-state index in [0.717, 1.165) is 49.1 Å². The largest absolute Gasteiger partial charge is 0.351 e. The maximum Gasteiger partial charge on any atom is 0.225 e. The minimum absolute atomic E-state index is 0.308. The van der Waals surface area contributed by atoms with E-state index in [9.17, 15) is 0 Å². The topological polar surface area (TPSA) is 127 Å². The first-order chi connectivity index (χ1) is 16.1. The zero-order valence-electron chi connectivity index (χ0n) is 18.8. The van der Waals surface area contributed by atoms with Crippen molar-refractivity contribution in [2.45, 2.75) is 63.6 Å². The van der Waals surface area contributed by atoms with Crippen molar-refractivity contribution < 1.29 is 0 Å². The quantitative estimate of drug-likeness (QED) is 0.433. The number of hydrogen-bond donors (Lipinski definition) is 4. The first-order valence-corrected chi connectivity index (χ1v) is 11.6. The van der Waals surface area contributed by atoms with Crippen LogP contribution < -0.4 is 16.0 Å². The SMILES string of the molecule is Cc1cc(Nc2cc(-c3cccnc3)nc(NC3CC4CC(CCC#N)CC(C3)N4)n2)n[nH]1. The molecule has 5 rings (SSSR count). The first-order valence-electron chi connectivity index (χ1n) is 11.6. The van der Waals surface area contributed by atoms with Gasteiger partial charge in [0.05, 0.1) is 11.8 Å². The van der Waals surface area contributed by atoms with Crippen LogP contribution >= 0.6 is 0 Å². The smallest absolute Gasteiger partial charge is 0.225 e. The normalized spacial score (nSPS) is 24.1. The summed E-state index contributed by atoms with van der Waals surface area (Å²) in [4.78, 5) is 13.8. The molecule has 0 aliphatic carbocycles. The Morgan fingerprint density at radius 1 is 1.12 bits per heavy atom. The molecule has 9 nitrogen and oxygen atoms in total. The van der Waals surface area contributed by atoms with Crippen molar-refractivity contribution in [3.63, 3.8) is 0 Å². The molecule has 0 spiro atoms. The van der Waals surface area contributed by atoms with Gasteiger partial charge in [-0.3, -0.25) is 10.1 Å². The average molecular weight is 444 g/mol. The Balaban J connectivity index is 1.34. The predicted molar refractivity (Wildman–Crippen MR) is 127 cm³/mol. The van der Waals surface area contributed by atoms with Crippen LogP contribution in [0.25, 0.3) is 11.3 Å². The number of aromatic amines is 1. The number of anilines is 3. The van der Waals surface area contributed by atoms with Gasteiger partial charge in [0, 0.05) is 60.3 Å². The summed E-state index contributed by atoms with van der Waals surface area (Å²) in [6.07, 6.45) is 9.57. The molecule has 2 atom stereocenters. The summed E-state index contributed by atoms with van der Waals surface area (Å²) < 4.78 is 0. The van der Waals surface area contributed by atoms with Crippen LogP contribution in [0.2, 0.25) is 0 Å². The molecule has 2 fully saturated rings. The molecule has 2 aliphatic rings. The molecule has 2 saturated heterocycles. The summed E-state index contributed by atoms with van der Waals surface area (Å²) in [5, 5.41) is 26.8. The Morgan fingerprint density at radius 3 is 2.67 bits per heavy atom. The highest BCUT2D eigenvalue weighted by molar-refractivity contribution is 5.66. The zero-order valence-corrected chi connectivity index (χ0v) is 18.8. The lowest BCUT2D eigenvalue weighted by Crippen LogP contribution is -2.54. The number of rotatable bonds is 7. The van der Waals surface area contributed by atoms with Crippen LogP contribution in [-0.4, -0.2) is 43.3 Å². The Morgan fingerprint density at radius 2 is 1.97 bits per heavy atom. The predicted octanol–water partition coefficient (Wildman–Crippen LogP) is 3.93. The molecule has 5 heterocycles. The number of aryl methyl sites for hydroxylation is 1. The number of hydrogen-bond acceptors (Lipinski definition) is 8. The lowest BCUT2D eigenvalue weighted by atomic mass is 9.77. The average Bonchev–Trinajstić information content (AvgIpc) is 3.22. The third kappa shape index (κ3) is 5.29. The van der Waals surface area contributed by atoms with Gasteiger partial charge < -0.3 is 16.0 Å². The molecule has 0 saturated carbocycles. The molecule has 3 aromatic heterocycles. The van der Waals surface area contributed by atoms with Crippen molar-refractivity contribution in [3.05, 3.63) is 42.4 Å². The maximum absolute atomic E-state index is 8.92. The van der Waals surface area contributed by atoms with Crippen LogP contribution in [0.5, 0.6) is 0 Å². The number of pyridine rings is 1. The van der Waals surface area contributed by atoms with Gasteiger partial charge in [-0.15, -0.1) is 0 Å². The van der Waals surface area contributed by atoms with E-state index in [0.29, 0.717) is 48.0 Å². The van der Waals surface area contributed by atoms with Gasteiger partial charge in [-0.2, -0.15) is 15.3 Å². The molecule has 4 N–H and O–H groups in total. The standard InChI is InChI=1S/C24H29N9/c1-15-8-23(33-32-15)30-22-13-21(17-5-3-7-26-14-17)29-24(31-22)28-20-11-18-9-16(4-2-6-25)10-19(12-20)27-18/h3,5,7-8,13-14,16,18-20,27H,2,4,9-12H2,1H3,(H3,28,29,30,31,32,33). The molecule has 2 aliphatic heterocycles. The fourth-order valence-electron chi connectivity index (χ4n) is 5.14. The van der Waals surface area contributed by atoms with Gasteiger partial charge >= 0.3 is 0 Å². The molecule has 3 aromatic rings. The molecule has 0 aromatic carbocycles. The van der Waals surface area contributed by atoms with Crippen molar-refractivity contribution in [1.82, 2.24) is 30.5 Å². The summed E-state index contributed by atoms with van der Waals surface area (Å²) in [6.45, 7) is 1.96. The minimum Gasteiger partial charge on any atom is -0.351 e. The van der Waals surface area contributed by atoms with Crippen molar-refractivity contribution in [2.75, 3.05) is 10.6 Å². The highest BCUT2D eigenvalue weighted by atomic mass is 15.2. The molecule has 2 unspecified atom stereocenters. The van der Waals surface area contributed by atoms with E-state index >= 15 is 0 Å². The van der Waals surface area contributed by atoms with Crippen LogP contribution in [0.4, 0.5) is 17.6 Å². The summed E-state index contributed by atoms with van der Waals surface area (Å²) in [7, 11) is 0. The van der Waals surface area contributed by atoms with Crippen molar-refractivity contribution in [2.24, 2.45) is 5.92 Å². The van der Waals surface area contributed by atoms with Gasteiger partial charge in [0.1, 0.15) is 5.82 Å². The van der Waals surface area contributed by atoms with E-state index in [1.807, 2.05) is 37.4 Å². The summed E-state index contributed by atoms with van der Waals surface area (Å²) >= 11 is 0. The minimum atomic E-state index is 0.308. The van der Waals surface area contributed by atoms with Crippen molar-refractivity contribution in [1.29, 1.82) is 5.26 Å². The van der Waals surface area contributed by atoms with Crippen LogP contribution in [0.1, 0.15) is 44.2 Å². The van der Waals surface area contributed by atoms with Gasteiger partial charge in [0.25, 0.3) is 0 Å². The number of nitrogens with zero attached hydrogens (tertiary/aromatic N) is 5. The van der Waals surface area contributed by atoms with Crippen LogP contribution in [0.15, 0.2) is 36.7 Å². The molecule has 9 heteroatoms. The molecule has 0 radical (unpaired) electrons. The molecule has 2 bridgehead atoms. The number of fused-ring (bicyclic) bond motifs is 2. The van der Waals surface area contributed by atoms with Gasteiger partial charge in [0.15, 0.2) is 5.82 Å². The van der Waals surface area contributed by atoms with Gasteiger partial charge in [-0.05, 0) is 57.1 Å². The van der Waals surface area contributed by atoms with Gasteiger partial charge in [-0.25, -0.2) is 4.98 Å². The number of aromatic nitrogens is 5. The summed E-state index contributed by atoms with van der Waals surface area (Å²) in [5.74, 6) is 2.66. The first kappa shape index (κ1) is 21.3. The van der Waals surface area contributed by atoms with Gasteiger partial charge in [0.2, 0.25) is 5.95 Å². The number of H-pyrrole nitrogens is 1. The second-order valence-electron chi connectivity index (χ2n) is 9.17. The Bertz CT molecular complexity index is 1110. The third-order valence-electron chi connectivity index (χ3n) is 6.49. The monoisotopic (exact) mass is 443 g/mol. The Kier molecular flexibility index (Phi) is 6.17. The second-order valence-corrected chi connectivity index (χ2v) is 9.17. The Labute approximate surface area is 193 Å². The number of piperidine rings is 2. The lowest BCUT2D eigenvalue weighted by molar-refractivity contribution is 0.171. The Hall–Kier alpha value is -3.51. The van der Waals surface area contributed by atoms with Crippen LogP contribution in [-0.2, 0) is 0 Å². The van der Waals surface area contributed by atoms with E-state index < -0.39 is 0 Å². The van der Waals surface area contributed by atoms with E-state index in [4.69, 9.17) is 15.2 Å². The second kappa shape index (κ2) is 9.55. The zero-order chi connectivity index (χ0) is 22.6. The fourth-order valence-corrected chi connectivity index (χ4v) is 5.14. The van der Waals surface area contributed by atoms with Crippen LogP contribution in [0.3, 0.4) is 0 Å². The number of nitriles is 1. The summed E-state index contributed by atoms with van der Waals surface area (Å²) in [6, 6.07) is 11.3. The van der Waals surface area contributed by atoms with E-state index in [2.05, 4.69) is 37.2 Å². The molecule has 0 amide bonds. The van der Waals surface area contributed by atoms with Crippen LogP contribution in [0, 0.1) is 24.2 Å². The molecule has 33 heavy (non-hydrogen) atoms. The number of nitrogens with one attached hydrogen (secondary N) is 4. The van der Waals surface area contributed by atoms with Crippen molar-refractivity contribution in [3.8, 4) is 17.3 Å². The van der Waals surface area contributed by atoms with Crippen molar-refractivity contribution >= 4 is 17.6 Å².